The lowest BCUT2D eigenvalue weighted by Gasteiger charge is -2.04. The van der Waals surface area contributed by atoms with Gasteiger partial charge in [0, 0.05) is 5.69 Å². The van der Waals surface area contributed by atoms with Gasteiger partial charge in [-0.15, -0.1) is 0 Å². The number of nitrogens with one attached hydrogen (secondary N) is 1. The van der Waals surface area contributed by atoms with Gasteiger partial charge in [-0.1, -0.05) is 0 Å². The highest BCUT2D eigenvalue weighted by Gasteiger charge is 2.08. The molecule has 15 heavy (non-hydrogen) atoms. The van der Waals surface area contributed by atoms with Crippen molar-refractivity contribution < 1.29 is 19.1 Å². The minimum Gasteiger partial charge on any atom is -0.481 e. The average Bonchev–Trinajstić information content (AvgIpc) is 2.10. The monoisotopic (exact) mass is 211 g/mol. The number of carbonyl (C=O) groups is 2. The smallest absolute Gasteiger partial charge is 0.312 e. The van der Waals surface area contributed by atoms with E-state index >= 15 is 0 Å². The third-order valence-corrected chi connectivity index (χ3v) is 1.75. The van der Waals surface area contributed by atoms with Crippen molar-refractivity contribution in [2.45, 2.75) is 13.3 Å². The summed E-state index contributed by atoms with van der Waals surface area (Å²) in [6.45, 7) is 1.56. The van der Waals surface area contributed by atoms with Gasteiger partial charge in [0.2, 0.25) is 5.91 Å². The van der Waals surface area contributed by atoms with Crippen molar-refractivity contribution >= 4 is 17.6 Å². The summed E-state index contributed by atoms with van der Waals surface area (Å²) in [6.07, 6.45) is -0.601. The highest BCUT2D eigenvalue weighted by molar-refractivity contribution is 6.01. The van der Waals surface area contributed by atoms with Gasteiger partial charge in [0.1, 0.15) is 12.2 Å². The molecule has 0 spiro atoms. The fraction of sp³-hybridized carbons (Fsp3) is 0.200. The third-order valence-electron chi connectivity index (χ3n) is 1.75. The van der Waals surface area contributed by atoms with Gasteiger partial charge in [-0.05, 0) is 30.7 Å². The number of halogens is 1. The van der Waals surface area contributed by atoms with Crippen LogP contribution in [-0.2, 0) is 9.59 Å². The first kappa shape index (κ1) is 11.2. The van der Waals surface area contributed by atoms with E-state index in [-0.39, 0.29) is 5.82 Å². The number of hydrogen-bond acceptors (Lipinski definition) is 2. The summed E-state index contributed by atoms with van der Waals surface area (Å²) < 4.78 is 12.8. The van der Waals surface area contributed by atoms with Gasteiger partial charge in [0.05, 0.1) is 0 Å². The van der Waals surface area contributed by atoms with Crippen molar-refractivity contribution in [2.24, 2.45) is 0 Å². The lowest BCUT2D eigenvalue weighted by molar-refractivity contribution is -0.139. The van der Waals surface area contributed by atoms with Crippen molar-refractivity contribution in [1.29, 1.82) is 0 Å². The molecule has 1 rings (SSSR count). The van der Waals surface area contributed by atoms with Gasteiger partial charge in [-0.3, -0.25) is 9.59 Å². The molecule has 0 aliphatic rings. The minimum atomic E-state index is -1.20. The molecule has 1 aromatic rings. The Balaban J connectivity index is 2.69. The Labute approximate surface area is 85.7 Å². The molecule has 0 atom stereocenters. The normalized spacial score (nSPS) is 9.73. The SMILES string of the molecule is Cc1cc(NC(=O)CC(=O)O)ccc1F. The van der Waals surface area contributed by atoms with E-state index in [0.29, 0.717) is 11.3 Å². The van der Waals surface area contributed by atoms with Gasteiger partial charge < -0.3 is 10.4 Å². The first-order valence-corrected chi connectivity index (χ1v) is 4.27. The number of carboxylic acid groups (broad SMARTS) is 1. The standard InChI is InChI=1S/C10H10FNO3/c1-6-4-7(2-3-8(6)11)12-9(13)5-10(14)15/h2-4H,5H2,1H3,(H,12,13)(H,14,15). The van der Waals surface area contributed by atoms with Crippen LogP contribution >= 0.6 is 0 Å². The maximum Gasteiger partial charge on any atom is 0.312 e. The molecule has 0 aromatic heterocycles. The zero-order chi connectivity index (χ0) is 11.4. The van der Waals surface area contributed by atoms with Crippen molar-refractivity contribution in [3.05, 3.63) is 29.6 Å². The van der Waals surface area contributed by atoms with Crippen molar-refractivity contribution in [3.8, 4) is 0 Å². The van der Waals surface area contributed by atoms with Gasteiger partial charge in [-0.2, -0.15) is 0 Å². The minimum absolute atomic E-state index is 0.369. The molecule has 0 saturated carbocycles. The van der Waals surface area contributed by atoms with Gasteiger partial charge in [0.15, 0.2) is 0 Å². The Morgan fingerprint density at radius 2 is 2.13 bits per heavy atom. The predicted molar refractivity (Wildman–Crippen MR) is 52.0 cm³/mol. The fourth-order valence-corrected chi connectivity index (χ4v) is 1.06. The molecule has 1 aromatic carbocycles. The van der Waals surface area contributed by atoms with Crippen molar-refractivity contribution in [1.82, 2.24) is 0 Å². The summed E-state index contributed by atoms with van der Waals surface area (Å²) in [5.74, 6) is -2.20. The molecule has 0 unspecified atom stereocenters. The van der Waals surface area contributed by atoms with Crippen LogP contribution in [0.5, 0.6) is 0 Å². The molecule has 5 heteroatoms. The van der Waals surface area contributed by atoms with E-state index in [0.717, 1.165) is 0 Å². The molecule has 0 bridgehead atoms. The second kappa shape index (κ2) is 4.54. The van der Waals surface area contributed by atoms with Gasteiger partial charge >= 0.3 is 5.97 Å². The van der Waals surface area contributed by atoms with Crippen LogP contribution in [-0.4, -0.2) is 17.0 Å². The summed E-state index contributed by atoms with van der Waals surface area (Å²) in [6, 6.07) is 4.03. The number of benzene rings is 1. The Bertz CT molecular complexity index is 404. The Hall–Kier alpha value is -1.91. The third kappa shape index (κ3) is 3.38. The van der Waals surface area contributed by atoms with Crippen LogP contribution in [0.1, 0.15) is 12.0 Å². The van der Waals surface area contributed by atoms with Crippen LogP contribution in [0, 0.1) is 12.7 Å². The average molecular weight is 211 g/mol. The summed E-state index contributed by atoms with van der Waals surface area (Å²) >= 11 is 0. The molecule has 0 fully saturated rings. The molecule has 0 radical (unpaired) electrons. The predicted octanol–water partition coefficient (Wildman–Crippen LogP) is 1.55. The molecule has 1 amide bonds. The van der Waals surface area contributed by atoms with Crippen LogP contribution in [0.15, 0.2) is 18.2 Å². The number of carboxylic acids is 1. The molecule has 2 N–H and O–H groups in total. The van der Waals surface area contributed by atoms with Gasteiger partial charge in [-0.25, -0.2) is 4.39 Å². The highest BCUT2D eigenvalue weighted by Crippen LogP contribution is 2.13. The summed E-state index contributed by atoms with van der Waals surface area (Å²) in [7, 11) is 0. The number of rotatable bonds is 3. The second-order valence-corrected chi connectivity index (χ2v) is 3.08. The van der Waals surface area contributed by atoms with Crippen LogP contribution in [0.3, 0.4) is 0 Å². The number of hydrogen-bond donors (Lipinski definition) is 2. The fourth-order valence-electron chi connectivity index (χ4n) is 1.06. The Morgan fingerprint density at radius 3 is 2.67 bits per heavy atom. The van der Waals surface area contributed by atoms with E-state index in [9.17, 15) is 14.0 Å². The number of anilines is 1. The summed E-state index contributed by atoms with van der Waals surface area (Å²) in [5.41, 5.74) is 0.781. The molecular formula is C10H10FNO3. The second-order valence-electron chi connectivity index (χ2n) is 3.08. The molecule has 0 heterocycles. The Morgan fingerprint density at radius 1 is 1.47 bits per heavy atom. The van der Waals surface area contributed by atoms with Crippen LogP contribution in [0.2, 0.25) is 0 Å². The maximum atomic E-state index is 12.8. The number of amides is 1. The molecule has 0 aliphatic heterocycles. The number of carbonyl (C=O) groups excluding carboxylic acids is 1. The first-order chi connectivity index (χ1) is 6.99. The molecule has 4 nitrogen and oxygen atoms in total. The topological polar surface area (TPSA) is 66.4 Å². The molecule has 0 saturated heterocycles. The van der Waals surface area contributed by atoms with E-state index in [1.807, 2.05) is 0 Å². The van der Waals surface area contributed by atoms with Crippen LogP contribution in [0.4, 0.5) is 10.1 Å². The number of aliphatic carboxylic acids is 1. The summed E-state index contributed by atoms with van der Waals surface area (Å²) in [5, 5.41) is 10.7. The van der Waals surface area contributed by atoms with E-state index in [1.165, 1.54) is 18.2 Å². The molecule has 0 aliphatic carbocycles. The lowest BCUT2D eigenvalue weighted by Crippen LogP contribution is -2.15. The van der Waals surface area contributed by atoms with Gasteiger partial charge in [0.25, 0.3) is 0 Å². The van der Waals surface area contributed by atoms with Crippen LogP contribution < -0.4 is 5.32 Å². The largest absolute Gasteiger partial charge is 0.481 e. The van der Waals surface area contributed by atoms with E-state index in [4.69, 9.17) is 5.11 Å². The quantitative estimate of drug-likeness (QED) is 0.745. The molecular weight excluding hydrogens is 201 g/mol. The van der Waals surface area contributed by atoms with E-state index in [2.05, 4.69) is 5.32 Å². The highest BCUT2D eigenvalue weighted by atomic mass is 19.1. The molecule has 80 valence electrons. The zero-order valence-electron chi connectivity index (χ0n) is 8.08. The lowest BCUT2D eigenvalue weighted by atomic mass is 10.2. The first-order valence-electron chi connectivity index (χ1n) is 4.27. The van der Waals surface area contributed by atoms with E-state index in [1.54, 1.807) is 6.92 Å². The van der Waals surface area contributed by atoms with Crippen molar-refractivity contribution in [3.63, 3.8) is 0 Å². The summed E-state index contributed by atoms with van der Waals surface area (Å²) in [4.78, 5) is 21.2. The van der Waals surface area contributed by atoms with E-state index < -0.39 is 18.3 Å². The zero-order valence-corrected chi connectivity index (χ0v) is 8.08. The Kier molecular flexibility index (Phi) is 3.38. The van der Waals surface area contributed by atoms with Crippen LogP contribution in [0.25, 0.3) is 0 Å². The van der Waals surface area contributed by atoms with Crippen molar-refractivity contribution in [2.75, 3.05) is 5.32 Å². The maximum absolute atomic E-state index is 12.8. The number of aryl methyl sites for hydroxylation is 1.